The normalized spacial score (nSPS) is 21.9. The number of nitrogens with zero attached hydrogens (tertiary/aromatic N) is 5. The van der Waals surface area contributed by atoms with Gasteiger partial charge < -0.3 is 14.6 Å². The Bertz CT molecular complexity index is 935. The van der Waals surface area contributed by atoms with E-state index in [2.05, 4.69) is 20.3 Å². The van der Waals surface area contributed by atoms with Gasteiger partial charge >= 0.3 is 0 Å². The third-order valence-corrected chi connectivity index (χ3v) is 5.13. The molecule has 3 aromatic rings. The van der Waals surface area contributed by atoms with Gasteiger partial charge in [0.15, 0.2) is 0 Å². The van der Waals surface area contributed by atoms with Crippen LogP contribution in [-0.4, -0.2) is 55.0 Å². The average molecular weight is 350 g/mol. The number of ether oxygens (including phenoxy) is 1. The van der Waals surface area contributed by atoms with E-state index in [1.54, 1.807) is 18.6 Å². The van der Waals surface area contributed by atoms with E-state index in [9.17, 15) is 4.79 Å². The number of rotatable bonds is 2. The van der Waals surface area contributed by atoms with E-state index in [-0.39, 0.29) is 18.1 Å². The Kier molecular flexibility index (Phi) is 3.56. The number of carbonyl (C=O) groups excluding carboxylic acids is 1. The fourth-order valence-electron chi connectivity index (χ4n) is 3.82. The lowest BCUT2D eigenvalue weighted by Crippen LogP contribution is -2.50. The highest BCUT2D eigenvalue weighted by atomic mass is 16.5. The number of piperidine rings is 1. The van der Waals surface area contributed by atoms with Crippen LogP contribution in [0.2, 0.25) is 0 Å². The third-order valence-electron chi connectivity index (χ3n) is 5.13. The fourth-order valence-corrected chi connectivity index (χ4v) is 3.82. The van der Waals surface area contributed by atoms with Gasteiger partial charge in [-0.3, -0.25) is 4.79 Å². The molecule has 4 heterocycles. The van der Waals surface area contributed by atoms with Gasteiger partial charge in [-0.05, 0) is 12.5 Å². The molecule has 0 aliphatic carbocycles. The predicted octanol–water partition coefficient (Wildman–Crippen LogP) is 1.65. The molecule has 2 aliphatic heterocycles. The van der Waals surface area contributed by atoms with Crippen molar-refractivity contribution in [1.82, 2.24) is 29.9 Å². The average Bonchev–Trinajstić information content (AvgIpc) is 3.38. The molecule has 0 spiro atoms. The summed E-state index contributed by atoms with van der Waals surface area (Å²) in [6.45, 7) is 1.76. The Morgan fingerprint density at radius 3 is 3.12 bits per heavy atom. The molecule has 0 saturated carbocycles. The van der Waals surface area contributed by atoms with Crippen molar-refractivity contribution in [2.45, 2.75) is 25.2 Å². The lowest BCUT2D eigenvalue weighted by Gasteiger charge is -2.41. The highest BCUT2D eigenvalue weighted by Gasteiger charge is 2.38. The number of carbonyl (C=O) groups is 1. The maximum Gasteiger partial charge on any atom is 0.254 e. The molecule has 1 amide bonds. The number of amides is 1. The Morgan fingerprint density at radius 1 is 1.31 bits per heavy atom. The van der Waals surface area contributed by atoms with Crippen LogP contribution in [0.4, 0.5) is 0 Å². The molecule has 5 rings (SSSR count). The number of aromatic amines is 1. The fraction of sp³-hybridized carbons (Fsp3) is 0.333. The van der Waals surface area contributed by atoms with E-state index in [4.69, 9.17) is 4.74 Å². The SMILES string of the molecule is O=C(c1ccccc1-c1ncc[nH]1)N1CC[C@@H]2OCc3cnnn3[C@H]2C1. The zero-order chi connectivity index (χ0) is 17.5. The van der Waals surface area contributed by atoms with Crippen molar-refractivity contribution < 1.29 is 9.53 Å². The lowest BCUT2D eigenvalue weighted by atomic mass is 9.98. The molecule has 2 aliphatic rings. The maximum atomic E-state index is 13.2. The molecule has 1 saturated heterocycles. The number of nitrogens with one attached hydrogen (secondary N) is 1. The summed E-state index contributed by atoms with van der Waals surface area (Å²) < 4.78 is 7.84. The summed E-state index contributed by atoms with van der Waals surface area (Å²) in [6.07, 6.45) is 6.04. The van der Waals surface area contributed by atoms with Gasteiger partial charge in [0, 0.05) is 31.0 Å². The van der Waals surface area contributed by atoms with Crippen molar-refractivity contribution in [3.63, 3.8) is 0 Å². The van der Waals surface area contributed by atoms with Crippen LogP contribution in [0, 0.1) is 0 Å². The van der Waals surface area contributed by atoms with E-state index < -0.39 is 0 Å². The molecular weight excluding hydrogens is 332 g/mol. The second-order valence-electron chi connectivity index (χ2n) is 6.61. The Balaban J connectivity index is 1.45. The molecule has 2 aromatic heterocycles. The van der Waals surface area contributed by atoms with Crippen molar-refractivity contribution in [3.05, 3.63) is 54.1 Å². The van der Waals surface area contributed by atoms with E-state index in [1.807, 2.05) is 33.8 Å². The number of likely N-dealkylation sites (tertiary alicyclic amines) is 1. The first-order valence-electron chi connectivity index (χ1n) is 8.70. The molecule has 1 fully saturated rings. The number of H-pyrrole nitrogens is 1. The number of hydrogen-bond donors (Lipinski definition) is 1. The van der Waals surface area contributed by atoms with Gasteiger partial charge in [-0.2, -0.15) is 0 Å². The Morgan fingerprint density at radius 2 is 2.23 bits per heavy atom. The summed E-state index contributed by atoms with van der Waals surface area (Å²) in [5.41, 5.74) is 2.42. The summed E-state index contributed by atoms with van der Waals surface area (Å²) in [4.78, 5) is 22.5. The monoisotopic (exact) mass is 350 g/mol. The van der Waals surface area contributed by atoms with Gasteiger partial charge in [0.2, 0.25) is 0 Å². The second kappa shape index (κ2) is 6.06. The van der Waals surface area contributed by atoms with E-state index in [1.165, 1.54) is 0 Å². The topological polar surface area (TPSA) is 88.9 Å². The summed E-state index contributed by atoms with van der Waals surface area (Å²) in [7, 11) is 0. The highest BCUT2D eigenvalue weighted by molar-refractivity contribution is 6.00. The molecule has 8 heteroatoms. The van der Waals surface area contributed by atoms with Crippen molar-refractivity contribution in [1.29, 1.82) is 0 Å². The van der Waals surface area contributed by atoms with Gasteiger partial charge in [0.1, 0.15) is 5.82 Å². The van der Waals surface area contributed by atoms with Gasteiger partial charge in [0.05, 0.1) is 36.2 Å². The van der Waals surface area contributed by atoms with Crippen LogP contribution in [-0.2, 0) is 11.3 Å². The summed E-state index contributed by atoms with van der Waals surface area (Å²) in [5, 5.41) is 8.19. The first-order valence-corrected chi connectivity index (χ1v) is 8.70. The molecular formula is C18H18N6O2. The van der Waals surface area contributed by atoms with Crippen molar-refractivity contribution >= 4 is 5.91 Å². The van der Waals surface area contributed by atoms with E-state index in [0.717, 1.165) is 17.7 Å². The third kappa shape index (κ3) is 2.41. The number of imidazole rings is 1. The number of fused-ring (bicyclic) bond motifs is 3. The van der Waals surface area contributed by atoms with Gasteiger partial charge in [-0.15, -0.1) is 5.10 Å². The molecule has 1 N–H and O–H groups in total. The minimum absolute atomic E-state index is 0.00249. The van der Waals surface area contributed by atoms with Gasteiger partial charge in [-0.25, -0.2) is 9.67 Å². The van der Waals surface area contributed by atoms with Crippen LogP contribution in [0.15, 0.2) is 42.9 Å². The zero-order valence-corrected chi connectivity index (χ0v) is 14.1. The number of benzene rings is 1. The van der Waals surface area contributed by atoms with Crippen LogP contribution in [0.1, 0.15) is 28.5 Å². The minimum atomic E-state index is 0.00249. The summed E-state index contributed by atoms with van der Waals surface area (Å²) in [5.74, 6) is 0.700. The van der Waals surface area contributed by atoms with Crippen molar-refractivity contribution in [3.8, 4) is 11.4 Å². The van der Waals surface area contributed by atoms with Crippen LogP contribution < -0.4 is 0 Å². The lowest BCUT2D eigenvalue weighted by molar-refractivity contribution is -0.0605. The smallest absolute Gasteiger partial charge is 0.254 e. The first-order chi connectivity index (χ1) is 12.8. The zero-order valence-electron chi connectivity index (χ0n) is 14.1. The van der Waals surface area contributed by atoms with Crippen LogP contribution >= 0.6 is 0 Å². The van der Waals surface area contributed by atoms with Gasteiger partial charge in [0.25, 0.3) is 5.91 Å². The van der Waals surface area contributed by atoms with E-state index >= 15 is 0 Å². The minimum Gasteiger partial charge on any atom is -0.370 e. The molecule has 0 unspecified atom stereocenters. The Labute approximate surface area is 149 Å². The largest absolute Gasteiger partial charge is 0.370 e. The molecule has 132 valence electrons. The number of hydrogen-bond acceptors (Lipinski definition) is 5. The standard InChI is InChI=1S/C18H18N6O2/c25-18(14-4-2-1-3-13(14)17-19-6-7-20-17)23-8-5-16-15(10-23)24-12(11-26-16)9-21-22-24/h1-4,6-7,9,15-16H,5,8,10-11H2,(H,19,20)/t15-,16-/m0/s1. The predicted molar refractivity (Wildman–Crippen MR) is 92.2 cm³/mol. The van der Waals surface area contributed by atoms with Crippen LogP contribution in [0.25, 0.3) is 11.4 Å². The highest BCUT2D eigenvalue weighted by Crippen LogP contribution is 2.31. The van der Waals surface area contributed by atoms with E-state index in [0.29, 0.717) is 31.1 Å². The van der Waals surface area contributed by atoms with Crippen LogP contribution in [0.3, 0.4) is 0 Å². The van der Waals surface area contributed by atoms with Crippen molar-refractivity contribution in [2.24, 2.45) is 0 Å². The molecule has 8 nitrogen and oxygen atoms in total. The second-order valence-corrected chi connectivity index (χ2v) is 6.61. The number of aromatic nitrogens is 5. The Hall–Kier alpha value is -3.00. The summed E-state index contributed by atoms with van der Waals surface area (Å²) >= 11 is 0. The molecule has 26 heavy (non-hydrogen) atoms. The first kappa shape index (κ1) is 15.3. The summed E-state index contributed by atoms with van der Waals surface area (Å²) in [6, 6.07) is 7.57. The van der Waals surface area contributed by atoms with Crippen molar-refractivity contribution in [2.75, 3.05) is 13.1 Å². The maximum absolute atomic E-state index is 13.2. The van der Waals surface area contributed by atoms with Crippen LogP contribution in [0.5, 0.6) is 0 Å². The molecule has 2 atom stereocenters. The molecule has 0 bridgehead atoms. The quantitative estimate of drug-likeness (QED) is 0.759. The van der Waals surface area contributed by atoms with Gasteiger partial charge in [-0.1, -0.05) is 23.4 Å². The molecule has 0 radical (unpaired) electrons. The molecule has 1 aromatic carbocycles.